The van der Waals surface area contributed by atoms with Crippen LogP contribution in [0.4, 0.5) is 5.69 Å². The smallest absolute Gasteiger partial charge is 0.255 e. The Kier molecular flexibility index (Phi) is 5.65. The summed E-state index contributed by atoms with van der Waals surface area (Å²) >= 11 is 0. The van der Waals surface area contributed by atoms with Crippen LogP contribution in [0.25, 0.3) is 11.1 Å². The van der Waals surface area contributed by atoms with Crippen molar-refractivity contribution in [3.63, 3.8) is 0 Å². The zero-order valence-corrected chi connectivity index (χ0v) is 17.7. The molecule has 0 aliphatic heterocycles. The van der Waals surface area contributed by atoms with E-state index in [9.17, 15) is 9.00 Å². The normalized spacial score (nSPS) is 14.2. The summed E-state index contributed by atoms with van der Waals surface area (Å²) in [5, 5.41) is 8.35. The lowest BCUT2D eigenvalue weighted by atomic mass is 9.97. The number of nitrogens with two attached hydrogens (primary N) is 1. The highest BCUT2D eigenvalue weighted by molar-refractivity contribution is 7.82. The van der Waals surface area contributed by atoms with Gasteiger partial charge in [-0.1, -0.05) is 12.1 Å². The molecule has 1 fully saturated rings. The summed E-state index contributed by atoms with van der Waals surface area (Å²) in [4.78, 5) is 17.6. The molecule has 1 atom stereocenters. The van der Waals surface area contributed by atoms with Crippen molar-refractivity contribution in [1.29, 1.82) is 0 Å². The minimum Gasteiger partial charge on any atom is -0.495 e. The summed E-state index contributed by atoms with van der Waals surface area (Å²) in [7, 11) is -0.238. The SMILES string of the molecule is COc1cc(C(=O)Nc2ccc(-c3cccnc3C3CC3)c(C)c2)ccc1S(N)=O. The maximum absolute atomic E-state index is 12.7. The Morgan fingerprint density at radius 2 is 1.97 bits per heavy atom. The van der Waals surface area contributed by atoms with E-state index in [1.54, 1.807) is 12.1 Å². The predicted molar refractivity (Wildman–Crippen MR) is 118 cm³/mol. The number of carbonyl (C=O) groups excluding carboxylic acids is 1. The molecule has 3 N–H and O–H groups in total. The lowest BCUT2D eigenvalue weighted by molar-refractivity contribution is 0.102. The molecule has 30 heavy (non-hydrogen) atoms. The fourth-order valence-corrected chi connectivity index (χ4v) is 4.09. The number of hydrogen-bond donors (Lipinski definition) is 2. The van der Waals surface area contributed by atoms with Gasteiger partial charge in [-0.3, -0.25) is 9.78 Å². The first-order chi connectivity index (χ1) is 14.5. The Labute approximate surface area is 178 Å². The van der Waals surface area contributed by atoms with Crippen molar-refractivity contribution in [3.05, 3.63) is 71.5 Å². The quantitative estimate of drug-likeness (QED) is 0.624. The lowest BCUT2D eigenvalue weighted by Gasteiger charge is -2.13. The molecule has 7 heteroatoms. The Morgan fingerprint density at radius 3 is 2.63 bits per heavy atom. The van der Waals surface area contributed by atoms with Crippen LogP contribution in [0.15, 0.2) is 59.6 Å². The highest BCUT2D eigenvalue weighted by Gasteiger charge is 2.28. The van der Waals surface area contributed by atoms with Crippen molar-refractivity contribution in [3.8, 4) is 16.9 Å². The molecule has 1 unspecified atom stereocenters. The van der Waals surface area contributed by atoms with Gasteiger partial charge >= 0.3 is 0 Å². The first kappa shape index (κ1) is 20.3. The maximum atomic E-state index is 12.7. The van der Waals surface area contributed by atoms with Crippen LogP contribution in [0.3, 0.4) is 0 Å². The average molecular weight is 422 g/mol. The molecule has 1 aromatic heterocycles. The van der Waals surface area contributed by atoms with Crippen molar-refractivity contribution >= 4 is 22.6 Å². The van der Waals surface area contributed by atoms with Gasteiger partial charge in [-0.25, -0.2) is 9.35 Å². The van der Waals surface area contributed by atoms with Gasteiger partial charge in [-0.15, -0.1) is 0 Å². The minimum absolute atomic E-state index is 0.283. The number of benzene rings is 2. The van der Waals surface area contributed by atoms with Crippen molar-refractivity contribution in [1.82, 2.24) is 4.98 Å². The molecular formula is C23H23N3O3S. The van der Waals surface area contributed by atoms with E-state index in [0.29, 0.717) is 27.8 Å². The van der Waals surface area contributed by atoms with E-state index >= 15 is 0 Å². The summed E-state index contributed by atoms with van der Waals surface area (Å²) in [6, 6.07) is 14.6. The van der Waals surface area contributed by atoms with Crippen molar-refractivity contribution in [2.24, 2.45) is 5.14 Å². The van der Waals surface area contributed by atoms with E-state index in [0.717, 1.165) is 22.4 Å². The molecule has 0 saturated heterocycles. The molecule has 0 radical (unpaired) electrons. The van der Waals surface area contributed by atoms with Gasteiger partial charge in [0.2, 0.25) is 0 Å². The van der Waals surface area contributed by atoms with Gasteiger partial charge in [-0.05, 0) is 67.3 Å². The second-order valence-electron chi connectivity index (χ2n) is 7.36. The number of nitrogens with zero attached hydrogens (tertiary/aromatic N) is 1. The van der Waals surface area contributed by atoms with Crippen LogP contribution < -0.4 is 15.2 Å². The number of carbonyl (C=O) groups is 1. The number of ether oxygens (including phenoxy) is 1. The van der Waals surface area contributed by atoms with Crippen LogP contribution in [0, 0.1) is 6.92 Å². The van der Waals surface area contributed by atoms with Crippen LogP contribution in [-0.4, -0.2) is 22.2 Å². The zero-order chi connectivity index (χ0) is 21.3. The number of aryl methyl sites for hydroxylation is 1. The number of rotatable bonds is 6. The molecule has 2 aromatic carbocycles. The summed E-state index contributed by atoms with van der Waals surface area (Å²) in [6.45, 7) is 2.03. The fraction of sp³-hybridized carbons (Fsp3) is 0.217. The average Bonchev–Trinajstić information content (AvgIpc) is 3.58. The van der Waals surface area contributed by atoms with E-state index in [-0.39, 0.29) is 5.91 Å². The van der Waals surface area contributed by atoms with Gasteiger partial charge in [-0.2, -0.15) is 0 Å². The summed E-state index contributed by atoms with van der Waals surface area (Å²) in [5.41, 5.74) is 5.59. The molecule has 0 spiro atoms. The van der Waals surface area contributed by atoms with Crippen molar-refractivity contribution in [2.75, 3.05) is 12.4 Å². The van der Waals surface area contributed by atoms with Gasteiger partial charge in [0.25, 0.3) is 5.91 Å². The summed E-state index contributed by atoms with van der Waals surface area (Å²) in [5.74, 6) is 0.592. The van der Waals surface area contributed by atoms with E-state index in [4.69, 9.17) is 9.88 Å². The van der Waals surface area contributed by atoms with Gasteiger partial charge in [0.05, 0.1) is 17.7 Å². The molecule has 6 nitrogen and oxygen atoms in total. The van der Waals surface area contributed by atoms with Crippen LogP contribution >= 0.6 is 0 Å². The predicted octanol–water partition coefficient (Wildman–Crippen LogP) is 4.18. The highest BCUT2D eigenvalue weighted by Crippen LogP contribution is 2.43. The monoisotopic (exact) mass is 421 g/mol. The second-order valence-corrected chi connectivity index (χ2v) is 8.39. The molecule has 4 rings (SSSR count). The molecule has 0 bridgehead atoms. The molecule has 1 saturated carbocycles. The topological polar surface area (TPSA) is 94.3 Å². The zero-order valence-electron chi connectivity index (χ0n) is 16.8. The Balaban J connectivity index is 1.57. The molecule has 1 heterocycles. The number of amides is 1. The molecule has 1 amide bonds. The Bertz CT molecular complexity index is 1140. The van der Waals surface area contributed by atoms with Crippen molar-refractivity contribution in [2.45, 2.75) is 30.6 Å². The number of hydrogen-bond acceptors (Lipinski definition) is 4. The number of aromatic nitrogens is 1. The third-order valence-corrected chi connectivity index (χ3v) is 5.99. The highest BCUT2D eigenvalue weighted by atomic mass is 32.2. The van der Waals surface area contributed by atoms with Gasteiger partial charge in [0, 0.05) is 28.9 Å². The first-order valence-electron chi connectivity index (χ1n) is 9.69. The molecule has 1 aliphatic carbocycles. The van der Waals surface area contributed by atoms with Gasteiger partial charge in [0.1, 0.15) is 16.7 Å². The second kappa shape index (κ2) is 8.38. The Morgan fingerprint density at radius 1 is 1.17 bits per heavy atom. The molecule has 154 valence electrons. The van der Waals surface area contributed by atoms with E-state index < -0.39 is 11.0 Å². The van der Waals surface area contributed by atoms with E-state index in [1.165, 1.54) is 26.0 Å². The van der Waals surface area contributed by atoms with Crippen LogP contribution in [0.5, 0.6) is 5.75 Å². The summed E-state index contributed by atoms with van der Waals surface area (Å²) < 4.78 is 16.8. The van der Waals surface area contributed by atoms with Crippen LogP contribution in [0.1, 0.15) is 40.4 Å². The third-order valence-electron chi connectivity index (χ3n) is 5.22. The van der Waals surface area contributed by atoms with Gasteiger partial charge < -0.3 is 10.1 Å². The molecular weight excluding hydrogens is 398 g/mol. The van der Waals surface area contributed by atoms with Crippen molar-refractivity contribution < 1.29 is 13.7 Å². The largest absolute Gasteiger partial charge is 0.495 e. The first-order valence-corrected chi connectivity index (χ1v) is 10.9. The lowest BCUT2D eigenvalue weighted by Crippen LogP contribution is -2.13. The summed E-state index contributed by atoms with van der Waals surface area (Å²) in [6.07, 6.45) is 4.23. The van der Waals surface area contributed by atoms with E-state index in [2.05, 4.69) is 16.4 Å². The number of methoxy groups -OCH3 is 1. The number of anilines is 1. The van der Waals surface area contributed by atoms with Crippen LogP contribution in [-0.2, 0) is 11.0 Å². The fourth-order valence-electron chi connectivity index (χ4n) is 3.55. The third kappa shape index (κ3) is 4.13. The molecule has 1 aliphatic rings. The molecule has 3 aromatic rings. The van der Waals surface area contributed by atoms with Crippen LogP contribution in [0.2, 0.25) is 0 Å². The number of pyridine rings is 1. The van der Waals surface area contributed by atoms with E-state index in [1.807, 2.05) is 37.4 Å². The van der Waals surface area contributed by atoms with Gasteiger partial charge in [0.15, 0.2) is 0 Å². The Hall–Kier alpha value is -3.03. The maximum Gasteiger partial charge on any atom is 0.255 e. The number of nitrogens with one attached hydrogen (secondary N) is 1. The standard InChI is InChI=1S/C23H23N3O3S/c1-14-12-17(8-9-18(14)19-4-3-11-25-22(19)15-5-6-15)26-23(27)16-7-10-21(30(24)28)20(13-16)29-2/h3-4,7-13,15H,5-6,24H2,1-2H3,(H,26,27). The minimum atomic E-state index is -1.69.